The van der Waals surface area contributed by atoms with Crippen molar-refractivity contribution in [2.45, 2.75) is 57.1 Å². The van der Waals surface area contributed by atoms with E-state index in [4.69, 9.17) is 9.47 Å². The topological polar surface area (TPSA) is 47.6 Å². The Morgan fingerprint density at radius 2 is 1.53 bits per heavy atom. The quantitative estimate of drug-likeness (QED) is 0.348. The van der Waals surface area contributed by atoms with Crippen LogP contribution in [-0.4, -0.2) is 13.1 Å². The number of rotatable bonds is 8. The second-order valence-electron chi connectivity index (χ2n) is 11.2. The van der Waals surface area contributed by atoms with Gasteiger partial charge in [0.05, 0.1) is 12.7 Å². The minimum Gasteiger partial charge on any atom is -0.496 e. The van der Waals surface area contributed by atoms with Crippen molar-refractivity contribution < 1.29 is 14.3 Å². The Balaban J connectivity index is 1.11. The summed E-state index contributed by atoms with van der Waals surface area (Å²) in [6.45, 7) is 1.02. The van der Waals surface area contributed by atoms with Crippen molar-refractivity contribution in [1.82, 2.24) is 0 Å². The van der Waals surface area contributed by atoms with Crippen LogP contribution in [0.15, 0.2) is 72.8 Å². The Morgan fingerprint density at radius 1 is 0.861 bits per heavy atom. The molecule has 4 bridgehead atoms. The normalized spacial score (nSPS) is 26.0. The van der Waals surface area contributed by atoms with Gasteiger partial charge in [-0.05, 0) is 109 Å². The highest BCUT2D eigenvalue weighted by atomic mass is 16.5. The zero-order chi connectivity index (χ0) is 24.5. The summed E-state index contributed by atoms with van der Waals surface area (Å²) >= 11 is 0. The molecule has 36 heavy (non-hydrogen) atoms. The molecule has 0 saturated heterocycles. The number of hydrogen-bond acceptors (Lipinski definition) is 4. The predicted molar refractivity (Wildman–Crippen MR) is 142 cm³/mol. The predicted octanol–water partition coefficient (Wildman–Crippen LogP) is 7.13. The van der Waals surface area contributed by atoms with Crippen LogP contribution in [0.5, 0.6) is 5.75 Å². The van der Waals surface area contributed by atoms with E-state index >= 15 is 0 Å². The van der Waals surface area contributed by atoms with Gasteiger partial charge in [0, 0.05) is 17.8 Å². The molecular formula is C32H35NO3. The Kier molecular flexibility index (Phi) is 6.20. The molecular weight excluding hydrogens is 446 g/mol. The number of anilines is 1. The van der Waals surface area contributed by atoms with Crippen molar-refractivity contribution in [3.63, 3.8) is 0 Å². The fourth-order valence-electron chi connectivity index (χ4n) is 7.45. The van der Waals surface area contributed by atoms with Gasteiger partial charge in [-0.2, -0.15) is 0 Å². The maximum atomic E-state index is 12.4. The summed E-state index contributed by atoms with van der Waals surface area (Å²) in [6, 6.07) is 24.0. The fraction of sp³-hybridized carbons (Fsp3) is 0.406. The second kappa shape index (κ2) is 9.65. The van der Waals surface area contributed by atoms with E-state index in [1.807, 2.05) is 61.7 Å². The molecule has 4 heteroatoms. The van der Waals surface area contributed by atoms with Gasteiger partial charge in [-0.3, -0.25) is 0 Å². The number of ether oxygens (including phenoxy) is 2. The molecule has 1 N–H and O–H groups in total. The highest BCUT2D eigenvalue weighted by Crippen LogP contribution is 2.61. The number of hydrogen-bond donors (Lipinski definition) is 1. The summed E-state index contributed by atoms with van der Waals surface area (Å²) in [7, 11) is 1.81. The average Bonchev–Trinajstić information content (AvgIpc) is 2.90. The van der Waals surface area contributed by atoms with Gasteiger partial charge in [0.25, 0.3) is 0 Å². The lowest BCUT2D eigenvalue weighted by Gasteiger charge is -2.57. The molecule has 7 rings (SSSR count). The largest absolute Gasteiger partial charge is 0.496 e. The summed E-state index contributed by atoms with van der Waals surface area (Å²) < 4.78 is 11.3. The Morgan fingerprint density at radius 3 is 2.17 bits per heavy atom. The number of esters is 1. The van der Waals surface area contributed by atoms with Crippen LogP contribution in [0, 0.1) is 17.8 Å². The zero-order valence-electron chi connectivity index (χ0n) is 21.0. The molecule has 3 aromatic carbocycles. The van der Waals surface area contributed by atoms with Gasteiger partial charge in [-0.15, -0.1) is 0 Å². The first-order chi connectivity index (χ1) is 17.6. The lowest BCUT2D eigenvalue weighted by Crippen LogP contribution is -2.48. The molecule has 0 amide bonds. The Hall–Kier alpha value is -3.27. The van der Waals surface area contributed by atoms with Crippen molar-refractivity contribution in [3.05, 3.63) is 95.1 Å². The molecule has 186 valence electrons. The van der Waals surface area contributed by atoms with Gasteiger partial charge in [0.15, 0.2) is 0 Å². The molecule has 0 radical (unpaired) electrons. The summed E-state index contributed by atoms with van der Waals surface area (Å²) in [4.78, 5) is 12.4. The van der Waals surface area contributed by atoms with Gasteiger partial charge in [0.1, 0.15) is 12.4 Å². The van der Waals surface area contributed by atoms with E-state index in [0.29, 0.717) is 11.0 Å². The van der Waals surface area contributed by atoms with E-state index in [-0.39, 0.29) is 12.6 Å². The highest BCUT2D eigenvalue weighted by Gasteiger charge is 2.52. The molecule has 3 aromatic rings. The summed E-state index contributed by atoms with van der Waals surface area (Å²) in [6.07, 6.45) is 8.31. The van der Waals surface area contributed by atoms with Crippen LogP contribution in [0.25, 0.3) is 0 Å². The Labute approximate surface area is 214 Å². The number of nitrogens with one attached hydrogen (secondary N) is 1. The van der Waals surface area contributed by atoms with Crippen molar-refractivity contribution >= 4 is 11.7 Å². The summed E-state index contributed by atoms with van der Waals surface area (Å²) in [5.41, 5.74) is 5.54. The molecule has 0 atom stereocenters. The minimum absolute atomic E-state index is 0.281. The van der Waals surface area contributed by atoms with E-state index < -0.39 is 0 Å². The molecule has 0 aromatic heterocycles. The third-order valence-corrected chi connectivity index (χ3v) is 8.70. The Bertz CT molecular complexity index is 1180. The van der Waals surface area contributed by atoms with Crippen LogP contribution < -0.4 is 10.1 Å². The number of carbonyl (C=O) groups is 1. The average molecular weight is 482 g/mol. The third-order valence-electron chi connectivity index (χ3n) is 8.70. The maximum absolute atomic E-state index is 12.4. The van der Waals surface area contributed by atoms with Gasteiger partial charge in [-0.25, -0.2) is 4.79 Å². The van der Waals surface area contributed by atoms with Crippen molar-refractivity contribution in [2.75, 3.05) is 12.4 Å². The van der Waals surface area contributed by atoms with Crippen LogP contribution in [0.3, 0.4) is 0 Å². The van der Waals surface area contributed by atoms with E-state index in [1.165, 1.54) is 49.7 Å². The van der Waals surface area contributed by atoms with Gasteiger partial charge in [-0.1, -0.05) is 36.4 Å². The van der Waals surface area contributed by atoms with Crippen LogP contribution in [0.1, 0.15) is 65.6 Å². The number of carbonyl (C=O) groups excluding carboxylic acids is 1. The van der Waals surface area contributed by atoms with Crippen molar-refractivity contribution in [1.29, 1.82) is 0 Å². The maximum Gasteiger partial charge on any atom is 0.338 e. The lowest BCUT2D eigenvalue weighted by atomic mass is 9.48. The number of benzene rings is 3. The van der Waals surface area contributed by atoms with E-state index in [1.54, 1.807) is 0 Å². The van der Waals surface area contributed by atoms with Crippen LogP contribution in [0.2, 0.25) is 0 Å². The van der Waals surface area contributed by atoms with Crippen LogP contribution in [-0.2, 0) is 23.3 Å². The second-order valence-corrected chi connectivity index (χ2v) is 11.2. The van der Waals surface area contributed by atoms with Crippen molar-refractivity contribution in [2.24, 2.45) is 17.8 Å². The van der Waals surface area contributed by atoms with E-state index in [0.717, 1.165) is 41.3 Å². The van der Waals surface area contributed by atoms with Crippen molar-refractivity contribution in [3.8, 4) is 5.75 Å². The van der Waals surface area contributed by atoms with Crippen LogP contribution >= 0.6 is 0 Å². The standard InChI is InChI=1S/C32H35NO3/c1-35-30-12-7-23(16-29(30)32-17-24-13-25(18-32)15-26(14-24)19-32)20-33-28-10-8-27(9-11-28)31(34)36-21-22-5-3-2-4-6-22/h2-12,16,24-26,33H,13-15,17-21H2,1H3. The molecule has 0 unspecified atom stereocenters. The first-order valence-corrected chi connectivity index (χ1v) is 13.3. The van der Waals surface area contributed by atoms with Crippen LogP contribution in [0.4, 0.5) is 5.69 Å². The summed E-state index contributed by atoms with van der Waals surface area (Å²) in [5, 5.41) is 3.53. The molecule has 4 aliphatic rings. The van der Waals surface area contributed by atoms with Gasteiger partial charge in [0.2, 0.25) is 0 Å². The fourth-order valence-corrected chi connectivity index (χ4v) is 7.45. The van der Waals surface area contributed by atoms with E-state index in [2.05, 4.69) is 23.5 Å². The third kappa shape index (κ3) is 4.61. The summed E-state index contributed by atoms with van der Waals surface area (Å²) in [5.74, 6) is 3.46. The molecule has 4 aliphatic carbocycles. The lowest BCUT2D eigenvalue weighted by molar-refractivity contribution is -0.00618. The molecule has 4 saturated carbocycles. The smallest absolute Gasteiger partial charge is 0.338 e. The van der Waals surface area contributed by atoms with E-state index in [9.17, 15) is 4.79 Å². The molecule has 0 spiro atoms. The minimum atomic E-state index is -0.305. The SMILES string of the molecule is COc1ccc(CNc2ccc(C(=O)OCc3ccccc3)cc2)cc1C12CC3CC(CC(C3)C1)C2. The number of methoxy groups -OCH3 is 1. The molecule has 4 fully saturated rings. The molecule has 4 nitrogen and oxygen atoms in total. The molecule has 0 aliphatic heterocycles. The highest BCUT2D eigenvalue weighted by molar-refractivity contribution is 5.89. The van der Waals surface area contributed by atoms with Gasteiger partial charge >= 0.3 is 5.97 Å². The zero-order valence-corrected chi connectivity index (χ0v) is 21.0. The van der Waals surface area contributed by atoms with Gasteiger partial charge < -0.3 is 14.8 Å². The molecule has 0 heterocycles. The monoisotopic (exact) mass is 481 g/mol. The first kappa shape index (κ1) is 23.1. The first-order valence-electron chi connectivity index (χ1n) is 13.3.